The van der Waals surface area contributed by atoms with Crippen LogP contribution in [0.2, 0.25) is 0 Å². The van der Waals surface area contributed by atoms with Crippen molar-refractivity contribution in [1.29, 1.82) is 0 Å². The maximum absolute atomic E-state index is 12.9. The first-order valence-electron chi connectivity index (χ1n) is 7.42. The summed E-state index contributed by atoms with van der Waals surface area (Å²) < 4.78 is 0.813. The number of imide groups is 1. The van der Waals surface area contributed by atoms with Crippen molar-refractivity contribution < 1.29 is 19.5 Å². The van der Waals surface area contributed by atoms with Crippen molar-refractivity contribution in [2.24, 2.45) is 0 Å². The van der Waals surface area contributed by atoms with Crippen molar-refractivity contribution in [1.82, 2.24) is 0 Å². The number of carboxylic acid groups (broad SMARTS) is 1. The van der Waals surface area contributed by atoms with E-state index in [1.54, 1.807) is 24.3 Å². The number of rotatable bonds is 2. The lowest BCUT2D eigenvalue weighted by Gasteiger charge is -2.27. The van der Waals surface area contributed by atoms with Crippen molar-refractivity contribution >= 4 is 50.2 Å². The fourth-order valence-electron chi connectivity index (χ4n) is 3.05. The highest BCUT2D eigenvalue weighted by Gasteiger charge is 2.34. The number of benzene rings is 3. The van der Waals surface area contributed by atoms with Gasteiger partial charge in [-0.2, -0.15) is 0 Å². The molecule has 0 saturated heterocycles. The molecule has 0 aromatic heterocycles. The van der Waals surface area contributed by atoms with Gasteiger partial charge in [0.2, 0.25) is 0 Å². The lowest BCUT2D eigenvalue weighted by molar-refractivity contribution is 0.0696. The highest BCUT2D eigenvalue weighted by molar-refractivity contribution is 9.10. The van der Waals surface area contributed by atoms with Crippen molar-refractivity contribution in [3.8, 4) is 0 Å². The SMILES string of the molecule is O=C(O)c1ccc(N2C(=O)c3cccc4c(Br)ccc(c34)C2=O)cc1. The molecule has 25 heavy (non-hydrogen) atoms. The zero-order valence-corrected chi connectivity index (χ0v) is 14.3. The van der Waals surface area contributed by atoms with Crippen LogP contribution >= 0.6 is 15.9 Å². The number of carbonyl (C=O) groups excluding carboxylic acids is 2. The molecule has 0 atom stereocenters. The van der Waals surface area contributed by atoms with E-state index in [0.29, 0.717) is 22.2 Å². The molecular formula is C19H10BrNO4. The van der Waals surface area contributed by atoms with Crippen LogP contribution in [0, 0.1) is 0 Å². The highest BCUT2D eigenvalue weighted by Crippen LogP contribution is 2.36. The summed E-state index contributed by atoms with van der Waals surface area (Å²) in [6, 6.07) is 14.4. The standard InChI is InChI=1S/C19H10BrNO4/c20-15-9-8-14-16-12(15)2-1-3-13(16)17(22)21(18(14)23)11-6-4-10(5-7-11)19(24)25/h1-9H,(H,24,25). The molecule has 1 aliphatic rings. The van der Waals surface area contributed by atoms with Crippen molar-refractivity contribution in [3.05, 3.63) is 75.8 Å². The summed E-state index contributed by atoms with van der Waals surface area (Å²) in [7, 11) is 0. The number of hydrogen-bond acceptors (Lipinski definition) is 3. The number of hydrogen-bond donors (Lipinski definition) is 1. The van der Waals surface area contributed by atoms with Crippen LogP contribution in [0.1, 0.15) is 31.1 Å². The van der Waals surface area contributed by atoms with E-state index in [2.05, 4.69) is 15.9 Å². The molecule has 2 amide bonds. The normalized spacial score (nSPS) is 13.4. The Balaban J connectivity index is 1.91. The molecule has 0 radical (unpaired) electrons. The van der Waals surface area contributed by atoms with Crippen LogP contribution in [-0.4, -0.2) is 22.9 Å². The van der Waals surface area contributed by atoms with Gasteiger partial charge in [0.25, 0.3) is 11.8 Å². The Labute approximate surface area is 150 Å². The largest absolute Gasteiger partial charge is 0.478 e. The molecule has 0 bridgehead atoms. The summed E-state index contributed by atoms with van der Waals surface area (Å²) in [6.07, 6.45) is 0. The molecule has 3 aromatic rings. The van der Waals surface area contributed by atoms with Crippen molar-refractivity contribution in [3.63, 3.8) is 0 Å². The Morgan fingerprint density at radius 3 is 2.16 bits per heavy atom. The molecule has 1 N–H and O–H groups in total. The maximum atomic E-state index is 12.9. The Morgan fingerprint density at radius 1 is 0.880 bits per heavy atom. The van der Waals surface area contributed by atoms with Gasteiger partial charge in [-0.1, -0.05) is 28.1 Å². The first-order chi connectivity index (χ1) is 12.0. The second-order valence-electron chi connectivity index (χ2n) is 5.62. The van der Waals surface area contributed by atoms with E-state index in [1.807, 2.05) is 6.07 Å². The lowest BCUT2D eigenvalue weighted by Crippen LogP contribution is -2.40. The van der Waals surface area contributed by atoms with Gasteiger partial charge in [0.1, 0.15) is 0 Å². The second kappa shape index (κ2) is 5.53. The summed E-state index contributed by atoms with van der Waals surface area (Å²) in [5.41, 5.74) is 1.31. The van der Waals surface area contributed by atoms with E-state index >= 15 is 0 Å². The van der Waals surface area contributed by atoms with E-state index in [1.165, 1.54) is 24.3 Å². The zero-order valence-electron chi connectivity index (χ0n) is 12.7. The van der Waals surface area contributed by atoms with Crippen LogP contribution in [0.5, 0.6) is 0 Å². The summed E-state index contributed by atoms with van der Waals surface area (Å²) in [5, 5.41) is 10.4. The average molecular weight is 396 g/mol. The Kier molecular flexibility index (Phi) is 3.43. The van der Waals surface area contributed by atoms with Crippen molar-refractivity contribution in [2.75, 3.05) is 4.90 Å². The molecule has 122 valence electrons. The molecule has 0 spiro atoms. The summed E-state index contributed by atoms with van der Waals surface area (Å²) >= 11 is 3.45. The van der Waals surface area contributed by atoms with Crippen LogP contribution in [-0.2, 0) is 0 Å². The Hall–Kier alpha value is -2.99. The smallest absolute Gasteiger partial charge is 0.335 e. The number of halogens is 1. The van der Waals surface area contributed by atoms with Gasteiger partial charge in [0.15, 0.2) is 0 Å². The summed E-state index contributed by atoms with van der Waals surface area (Å²) in [4.78, 5) is 37.9. The minimum atomic E-state index is -1.07. The number of amides is 2. The van der Waals surface area contributed by atoms with Crippen LogP contribution in [0.3, 0.4) is 0 Å². The molecule has 4 rings (SSSR count). The van der Waals surface area contributed by atoms with Gasteiger partial charge in [-0.15, -0.1) is 0 Å². The quantitative estimate of drug-likeness (QED) is 0.662. The van der Waals surface area contributed by atoms with Gasteiger partial charge in [-0.3, -0.25) is 9.59 Å². The van der Waals surface area contributed by atoms with E-state index in [-0.39, 0.29) is 5.56 Å². The minimum absolute atomic E-state index is 0.0899. The summed E-state index contributed by atoms with van der Waals surface area (Å²) in [5.74, 6) is -1.92. The van der Waals surface area contributed by atoms with Gasteiger partial charge >= 0.3 is 5.97 Å². The number of anilines is 1. The maximum Gasteiger partial charge on any atom is 0.335 e. The number of nitrogens with zero attached hydrogens (tertiary/aromatic N) is 1. The van der Waals surface area contributed by atoms with Crippen LogP contribution in [0.15, 0.2) is 59.1 Å². The molecule has 0 fully saturated rings. The first-order valence-corrected chi connectivity index (χ1v) is 8.21. The Bertz CT molecular complexity index is 1050. The molecule has 3 aromatic carbocycles. The van der Waals surface area contributed by atoms with E-state index in [9.17, 15) is 14.4 Å². The number of carbonyl (C=O) groups is 3. The molecule has 5 nitrogen and oxygen atoms in total. The van der Waals surface area contributed by atoms with Gasteiger partial charge in [-0.25, -0.2) is 9.69 Å². The molecule has 6 heteroatoms. The third kappa shape index (κ3) is 2.26. The molecule has 1 aliphatic heterocycles. The predicted molar refractivity (Wildman–Crippen MR) is 96.2 cm³/mol. The fourth-order valence-corrected chi connectivity index (χ4v) is 3.51. The summed E-state index contributed by atoms with van der Waals surface area (Å²) in [6.45, 7) is 0. The number of aromatic carboxylic acids is 1. The van der Waals surface area contributed by atoms with Gasteiger partial charge in [0.05, 0.1) is 11.3 Å². The minimum Gasteiger partial charge on any atom is -0.478 e. The first kappa shape index (κ1) is 15.5. The third-order valence-electron chi connectivity index (χ3n) is 4.23. The van der Waals surface area contributed by atoms with Gasteiger partial charge in [-0.05, 0) is 47.9 Å². The van der Waals surface area contributed by atoms with E-state index in [0.717, 1.165) is 14.8 Å². The van der Waals surface area contributed by atoms with Crippen LogP contribution < -0.4 is 4.90 Å². The monoisotopic (exact) mass is 395 g/mol. The van der Waals surface area contributed by atoms with E-state index < -0.39 is 17.8 Å². The fraction of sp³-hybridized carbons (Fsp3) is 0. The van der Waals surface area contributed by atoms with Crippen molar-refractivity contribution in [2.45, 2.75) is 0 Å². The topological polar surface area (TPSA) is 74.7 Å². The lowest BCUT2D eigenvalue weighted by atomic mass is 9.93. The Morgan fingerprint density at radius 2 is 1.52 bits per heavy atom. The predicted octanol–water partition coefficient (Wildman–Crippen LogP) is 4.10. The molecule has 1 heterocycles. The highest BCUT2D eigenvalue weighted by atomic mass is 79.9. The van der Waals surface area contributed by atoms with E-state index in [4.69, 9.17) is 5.11 Å². The average Bonchev–Trinajstić information content (AvgIpc) is 2.61. The number of carboxylic acids is 1. The van der Waals surface area contributed by atoms with Crippen LogP contribution in [0.25, 0.3) is 10.8 Å². The van der Waals surface area contributed by atoms with Gasteiger partial charge in [0, 0.05) is 21.0 Å². The molecule has 0 unspecified atom stereocenters. The molecule has 0 saturated carbocycles. The van der Waals surface area contributed by atoms with Crippen LogP contribution in [0.4, 0.5) is 5.69 Å². The third-order valence-corrected chi connectivity index (χ3v) is 4.92. The molecule has 0 aliphatic carbocycles. The molecular weight excluding hydrogens is 386 g/mol. The van der Waals surface area contributed by atoms with Gasteiger partial charge < -0.3 is 5.11 Å². The zero-order chi connectivity index (χ0) is 17.7. The second-order valence-corrected chi connectivity index (χ2v) is 6.48.